The molecule has 100 valence electrons. The molecule has 2 heterocycles. The summed E-state index contributed by atoms with van der Waals surface area (Å²) < 4.78 is 2.83. The van der Waals surface area contributed by atoms with Crippen molar-refractivity contribution in [1.82, 2.24) is 14.8 Å². The Labute approximate surface area is 125 Å². The monoisotopic (exact) mass is 328 g/mol. The van der Waals surface area contributed by atoms with Gasteiger partial charge < -0.3 is 5.32 Å². The van der Waals surface area contributed by atoms with Crippen molar-refractivity contribution in [3.8, 4) is 5.69 Å². The van der Waals surface area contributed by atoms with Gasteiger partial charge in [-0.1, -0.05) is 18.2 Å². The van der Waals surface area contributed by atoms with Crippen molar-refractivity contribution in [2.45, 2.75) is 6.54 Å². The van der Waals surface area contributed by atoms with Crippen molar-refractivity contribution in [2.24, 2.45) is 0 Å². The average Bonchev–Trinajstić information content (AvgIpc) is 2.95. The standard InChI is InChI=1S/C15H13BrN4/c16-12-8-14(10-17-9-12)18-11-13-6-7-20(19-13)15-4-2-1-3-5-15/h1-10,18H,11H2. The molecule has 0 spiro atoms. The van der Waals surface area contributed by atoms with Crippen LogP contribution in [0.2, 0.25) is 0 Å². The summed E-state index contributed by atoms with van der Waals surface area (Å²) in [5.74, 6) is 0. The molecule has 0 amide bonds. The van der Waals surface area contributed by atoms with Gasteiger partial charge in [-0.15, -0.1) is 0 Å². The predicted molar refractivity (Wildman–Crippen MR) is 82.8 cm³/mol. The fourth-order valence-corrected chi connectivity index (χ4v) is 2.25. The molecule has 0 aliphatic carbocycles. The Morgan fingerprint density at radius 3 is 2.75 bits per heavy atom. The van der Waals surface area contributed by atoms with Crippen LogP contribution in [0.25, 0.3) is 5.69 Å². The Morgan fingerprint density at radius 2 is 1.95 bits per heavy atom. The SMILES string of the molecule is Brc1cncc(NCc2ccn(-c3ccccc3)n2)c1. The largest absolute Gasteiger partial charge is 0.378 e. The van der Waals surface area contributed by atoms with Crippen molar-refractivity contribution in [3.63, 3.8) is 0 Å². The Bertz CT molecular complexity index is 694. The highest BCUT2D eigenvalue weighted by atomic mass is 79.9. The first-order chi connectivity index (χ1) is 9.81. The van der Waals surface area contributed by atoms with Gasteiger partial charge in [0.15, 0.2) is 0 Å². The van der Waals surface area contributed by atoms with E-state index in [0.717, 1.165) is 21.5 Å². The van der Waals surface area contributed by atoms with Crippen LogP contribution >= 0.6 is 15.9 Å². The van der Waals surface area contributed by atoms with Gasteiger partial charge in [-0.25, -0.2) is 4.68 Å². The second-order valence-electron chi connectivity index (χ2n) is 4.33. The zero-order chi connectivity index (χ0) is 13.8. The van der Waals surface area contributed by atoms with Gasteiger partial charge in [0.25, 0.3) is 0 Å². The van der Waals surface area contributed by atoms with Crippen LogP contribution in [0.15, 0.2) is 65.5 Å². The van der Waals surface area contributed by atoms with Gasteiger partial charge in [0.1, 0.15) is 0 Å². The molecule has 4 nitrogen and oxygen atoms in total. The van der Waals surface area contributed by atoms with E-state index < -0.39 is 0 Å². The molecule has 2 aromatic heterocycles. The Morgan fingerprint density at radius 1 is 1.10 bits per heavy atom. The Balaban J connectivity index is 1.69. The molecule has 0 unspecified atom stereocenters. The fourth-order valence-electron chi connectivity index (χ4n) is 1.88. The van der Waals surface area contributed by atoms with Crippen LogP contribution in [0.5, 0.6) is 0 Å². The van der Waals surface area contributed by atoms with E-state index in [9.17, 15) is 0 Å². The van der Waals surface area contributed by atoms with E-state index in [1.165, 1.54) is 0 Å². The minimum atomic E-state index is 0.665. The van der Waals surface area contributed by atoms with Gasteiger partial charge in [0, 0.05) is 16.9 Å². The summed E-state index contributed by atoms with van der Waals surface area (Å²) in [5.41, 5.74) is 3.00. The van der Waals surface area contributed by atoms with Crippen molar-refractivity contribution in [1.29, 1.82) is 0 Å². The number of anilines is 1. The molecular formula is C15H13BrN4. The molecule has 0 bridgehead atoms. The van der Waals surface area contributed by atoms with E-state index >= 15 is 0 Å². The van der Waals surface area contributed by atoms with E-state index in [-0.39, 0.29) is 0 Å². The predicted octanol–water partition coefficient (Wildman–Crippen LogP) is 3.64. The average molecular weight is 329 g/mol. The number of pyridine rings is 1. The van der Waals surface area contributed by atoms with Crippen molar-refractivity contribution < 1.29 is 0 Å². The van der Waals surface area contributed by atoms with Crippen molar-refractivity contribution >= 4 is 21.6 Å². The highest BCUT2D eigenvalue weighted by Crippen LogP contribution is 2.14. The maximum Gasteiger partial charge on any atom is 0.0819 e. The first-order valence-corrected chi connectivity index (χ1v) is 7.05. The van der Waals surface area contributed by atoms with E-state index in [4.69, 9.17) is 0 Å². The third kappa shape index (κ3) is 3.05. The molecule has 0 aliphatic heterocycles. The molecule has 1 N–H and O–H groups in total. The first-order valence-electron chi connectivity index (χ1n) is 6.26. The van der Waals surface area contributed by atoms with Gasteiger partial charge in [0.05, 0.1) is 29.8 Å². The number of hydrogen-bond acceptors (Lipinski definition) is 3. The maximum atomic E-state index is 4.54. The highest BCUT2D eigenvalue weighted by molar-refractivity contribution is 9.10. The number of halogens is 1. The lowest BCUT2D eigenvalue weighted by Gasteiger charge is -2.04. The van der Waals surface area contributed by atoms with E-state index in [0.29, 0.717) is 6.54 Å². The highest BCUT2D eigenvalue weighted by Gasteiger charge is 2.01. The number of para-hydroxylation sites is 1. The molecule has 3 rings (SSSR count). The minimum absolute atomic E-state index is 0.665. The normalized spacial score (nSPS) is 10.4. The maximum absolute atomic E-state index is 4.54. The van der Waals surface area contributed by atoms with Crippen LogP contribution in [0.1, 0.15) is 5.69 Å². The quantitative estimate of drug-likeness (QED) is 0.795. The topological polar surface area (TPSA) is 42.7 Å². The summed E-state index contributed by atoms with van der Waals surface area (Å²) in [4.78, 5) is 4.11. The Hall–Kier alpha value is -2.14. The minimum Gasteiger partial charge on any atom is -0.378 e. The van der Waals surface area contributed by atoms with Crippen LogP contribution in [0, 0.1) is 0 Å². The summed E-state index contributed by atoms with van der Waals surface area (Å²) in [7, 11) is 0. The van der Waals surface area contributed by atoms with Crippen LogP contribution in [-0.4, -0.2) is 14.8 Å². The second kappa shape index (κ2) is 5.88. The van der Waals surface area contributed by atoms with Crippen LogP contribution in [0.3, 0.4) is 0 Å². The van der Waals surface area contributed by atoms with E-state index in [2.05, 4.69) is 31.3 Å². The van der Waals surface area contributed by atoms with E-state index in [1.807, 2.05) is 53.3 Å². The number of nitrogens with one attached hydrogen (secondary N) is 1. The number of nitrogens with zero attached hydrogens (tertiary/aromatic N) is 3. The van der Waals surface area contributed by atoms with E-state index in [1.54, 1.807) is 12.4 Å². The second-order valence-corrected chi connectivity index (χ2v) is 5.25. The van der Waals surface area contributed by atoms with Gasteiger partial charge in [-0.05, 0) is 40.2 Å². The third-order valence-electron chi connectivity index (χ3n) is 2.84. The molecule has 0 radical (unpaired) electrons. The summed E-state index contributed by atoms with van der Waals surface area (Å²) in [6.45, 7) is 0.665. The van der Waals surface area contributed by atoms with Crippen LogP contribution in [-0.2, 0) is 6.54 Å². The van der Waals surface area contributed by atoms with Crippen LogP contribution < -0.4 is 5.32 Å². The molecule has 5 heteroatoms. The summed E-state index contributed by atoms with van der Waals surface area (Å²) >= 11 is 3.40. The van der Waals surface area contributed by atoms with Gasteiger partial charge in [0.2, 0.25) is 0 Å². The number of aromatic nitrogens is 3. The zero-order valence-electron chi connectivity index (χ0n) is 10.7. The molecular weight excluding hydrogens is 316 g/mol. The molecule has 1 aromatic carbocycles. The smallest absolute Gasteiger partial charge is 0.0819 e. The van der Waals surface area contributed by atoms with Crippen molar-refractivity contribution in [3.05, 3.63) is 71.2 Å². The first kappa shape index (κ1) is 12.9. The molecule has 0 atom stereocenters. The summed E-state index contributed by atoms with van der Waals surface area (Å²) in [6.07, 6.45) is 5.51. The Kier molecular flexibility index (Phi) is 3.78. The molecule has 0 saturated carbocycles. The number of benzene rings is 1. The number of rotatable bonds is 4. The molecule has 0 fully saturated rings. The summed E-state index contributed by atoms with van der Waals surface area (Å²) in [6, 6.07) is 14.1. The molecule has 0 aliphatic rings. The van der Waals surface area contributed by atoms with Gasteiger partial charge >= 0.3 is 0 Å². The number of hydrogen-bond donors (Lipinski definition) is 1. The third-order valence-corrected chi connectivity index (χ3v) is 3.28. The zero-order valence-corrected chi connectivity index (χ0v) is 12.3. The van der Waals surface area contributed by atoms with Gasteiger partial charge in [-0.3, -0.25) is 4.98 Å². The molecule has 3 aromatic rings. The lowest BCUT2D eigenvalue weighted by molar-refractivity contribution is 0.844. The van der Waals surface area contributed by atoms with Crippen LogP contribution in [0.4, 0.5) is 5.69 Å². The fraction of sp³-hybridized carbons (Fsp3) is 0.0667. The lowest BCUT2D eigenvalue weighted by atomic mass is 10.3. The van der Waals surface area contributed by atoms with Crippen molar-refractivity contribution in [2.75, 3.05) is 5.32 Å². The van der Waals surface area contributed by atoms with Gasteiger partial charge in [-0.2, -0.15) is 5.10 Å². The lowest BCUT2D eigenvalue weighted by Crippen LogP contribution is -2.02. The molecule has 20 heavy (non-hydrogen) atoms. The molecule has 0 saturated heterocycles. The summed E-state index contributed by atoms with van der Waals surface area (Å²) in [5, 5.41) is 7.84.